The molecule has 0 saturated heterocycles. The second-order valence-electron chi connectivity index (χ2n) is 1.61. The van der Waals surface area contributed by atoms with Gasteiger partial charge in [-0.1, -0.05) is 0 Å². The molecule has 1 aliphatic heterocycles. The molecule has 8 heavy (non-hydrogen) atoms. The van der Waals surface area contributed by atoms with Gasteiger partial charge in [-0.3, -0.25) is 0 Å². The van der Waals surface area contributed by atoms with Crippen LogP contribution in [0.1, 0.15) is 0 Å². The van der Waals surface area contributed by atoms with E-state index in [2.05, 4.69) is 5.32 Å². The van der Waals surface area contributed by atoms with Gasteiger partial charge in [0, 0.05) is 11.9 Å². The van der Waals surface area contributed by atoms with Gasteiger partial charge in [0.1, 0.15) is 6.23 Å². The third-order valence-corrected chi connectivity index (χ3v) is 0.893. The number of nitrogens with one attached hydrogen (secondary N) is 1. The van der Waals surface area contributed by atoms with Crippen molar-refractivity contribution in [3.05, 3.63) is 24.0 Å². The molecule has 1 aliphatic rings. The smallest absolute Gasteiger partial charge is 0.145 e. The SMILES string of the molecule is NC1=CC(O)NC=C1. The second-order valence-corrected chi connectivity index (χ2v) is 1.61. The molecule has 0 saturated carbocycles. The average Bonchev–Trinajstić information content (AvgIpc) is 1.64. The first-order valence-corrected chi connectivity index (χ1v) is 2.37. The van der Waals surface area contributed by atoms with Crippen LogP contribution >= 0.6 is 0 Å². The second kappa shape index (κ2) is 1.88. The van der Waals surface area contributed by atoms with Gasteiger partial charge in [0.2, 0.25) is 0 Å². The summed E-state index contributed by atoms with van der Waals surface area (Å²) in [4.78, 5) is 0. The van der Waals surface area contributed by atoms with E-state index in [0.717, 1.165) is 0 Å². The lowest BCUT2D eigenvalue weighted by Crippen LogP contribution is -2.25. The molecule has 0 aromatic carbocycles. The highest BCUT2D eigenvalue weighted by molar-refractivity contribution is 5.19. The number of aliphatic hydroxyl groups is 1. The van der Waals surface area contributed by atoms with E-state index in [1.54, 1.807) is 12.3 Å². The molecule has 0 aromatic rings. The fourth-order valence-electron chi connectivity index (χ4n) is 0.529. The maximum absolute atomic E-state index is 8.76. The zero-order chi connectivity index (χ0) is 5.98. The Morgan fingerprint density at radius 1 is 1.75 bits per heavy atom. The largest absolute Gasteiger partial charge is 0.399 e. The Kier molecular flexibility index (Phi) is 1.22. The molecule has 1 heterocycles. The predicted molar refractivity (Wildman–Crippen MR) is 30.6 cm³/mol. The summed E-state index contributed by atoms with van der Waals surface area (Å²) in [5.41, 5.74) is 5.89. The van der Waals surface area contributed by atoms with E-state index >= 15 is 0 Å². The van der Waals surface area contributed by atoms with Gasteiger partial charge in [0.15, 0.2) is 0 Å². The van der Waals surface area contributed by atoms with Crippen molar-refractivity contribution >= 4 is 0 Å². The highest BCUT2D eigenvalue weighted by Gasteiger charge is 1.98. The first-order valence-electron chi connectivity index (χ1n) is 2.37. The molecule has 0 spiro atoms. The van der Waals surface area contributed by atoms with Crippen molar-refractivity contribution in [1.82, 2.24) is 5.32 Å². The number of rotatable bonds is 0. The Bertz CT molecular complexity index is 139. The summed E-state index contributed by atoms with van der Waals surface area (Å²) in [5, 5.41) is 11.4. The van der Waals surface area contributed by atoms with Gasteiger partial charge in [-0.05, 0) is 12.2 Å². The lowest BCUT2D eigenvalue weighted by atomic mass is 10.3. The van der Waals surface area contributed by atoms with Crippen molar-refractivity contribution in [2.24, 2.45) is 5.73 Å². The first kappa shape index (κ1) is 5.18. The fourth-order valence-corrected chi connectivity index (χ4v) is 0.529. The summed E-state index contributed by atoms with van der Waals surface area (Å²) >= 11 is 0. The average molecular weight is 112 g/mol. The maximum atomic E-state index is 8.76. The topological polar surface area (TPSA) is 58.3 Å². The van der Waals surface area contributed by atoms with E-state index in [4.69, 9.17) is 10.8 Å². The number of allylic oxidation sites excluding steroid dienone is 1. The fraction of sp³-hybridized carbons (Fsp3) is 0.200. The van der Waals surface area contributed by atoms with Crippen LogP contribution in [0.5, 0.6) is 0 Å². The molecule has 3 nitrogen and oxygen atoms in total. The molecule has 3 heteroatoms. The van der Waals surface area contributed by atoms with Crippen LogP contribution in [-0.2, 0) is 0 Å². The third-order valence-electron chi connectivity index (χ3n) is 0.893. The van der Waals surface area contributed by atoms with Crippen LogP contribution in [-0.4, -0.2) is 11.3 Å². The minimum absolute atomic E-state index is 0.594. The minimum atomic E-state index is -0.611. The van der Waals surface area contributed by atoms with Crippen LogP contribution in [0.15, 0.2) is 24.0 Å². The molecule has 1 atom stereocenters. The van der Waals surface area contributed by atoms with Crippen LogP contribution in [0, 0.1) is 0 Å². The normalized spacial score (nSPS) is 26.6. The van der Waals surface area contributed by atoms with E-state index in [1.807, 2.05) is 0 Å². The van der Waals surface area contributed by atoms with Crippen LogP contribution in [0.2, 0.25) is 0 Å². The highest BCUT2D eigenvalue weighted by atomic mass is 16.3. The molecule has 0 bridgehead atoms. The summed E-state index contributed by atoms with van der Waals surface area (Å²) in [6, 6.07) is 0. The Balaban J connectivity index is 2.63. The third kappa shape index (κ3) is 1.01. The Hall–Kier alpha value is -0.960. The van der Waals surface area contributed by atoms with Gasteiger partial charge < -0.3 is 16.2 Å². The molecule has 0 amide bonds. The molecule has 44 valence electrons. The molecule has 1 rings (SSSR count). The summed E-state index contributed by atoms with van der Waals surface area (Å²) in [7, 11) is 0. The summed E-state index contributed by atoms with van der Waals surface area (Å²) < 4.78 is 0. The van der Waals surface area contributed by atoms with Crippen molar-refractivity contribution in [2.45, 2.75) is 6.23 Å². The van der Waals surface area contributed by atoms with Crippen LogP contribution < -0.4 is 11.1 Å². The van der Waals surface area contributed by atoms with Crippen molar-refractivity contribution in [3.8, 4) is 0 Å². The van der Waals surface area contributed by atoms with Gasteiger partial charge in [-0.15, -0.1) is 0 Å². The van der Waals surface area contributed by atoms with Crippen molar-refractivity contribution in [3.63, 3.8) is 0 Å². The zero-order valence-electron chi connectivity index (χ0n) is 4.33. The van der Waals surface area contributed by atoms with Crippen LogP contribution in [0.4, 0.5) is 0 Å². The summed E-state index contributed by atoms with van der Waals surface area (Å²) in [5.74, 6) is 0. The quantitative estimate of drug-likeness (QED) is 0.387. The molecule has 0 aliphatic carbocycles. The predicted octanol–water partition coefficient (Wildman–Crippen LogP) is -0.736. The van der Waals surface area contributed by atoms with Gasteiger partial charge in [0.25, 0.3) is 0 Å². The van der Waals surface area contributed by atoms with E-state index in [9.17, 15) is 0 Å². The molecule has 0 fully saturated rings. The summed E-state index contributed by atoms with van der Waals surface area (Å²) in [6.07, 6.45) is 4.22. The number of hydrogen-bond acceptors (Lipinski definition) is 3. The standard InChI is InChI=1S/C5H8N2O/c6-4-1-2-7-5(8)3-4/h1-3,5,7-8H,6H2. The van der Waals surface area contributed by atoms with Crippen LogP contribution in [0.3, 0.4) is 0 Å². The minimum Gasteiger partial charge on any atom is -0.399 e. The van der Waals surface area contributed by atoms with E-state index in [0.29, 0.717) is 5.70 Å². The first-order chi connectivity index (χ1) is 3.79. The molecule has 0 radical (unpaired) electrons. The molecule has 1 unspecified atom stereocenters. The van der Waals surface area contributed by atoms with E-state index < -0.39 is 6.23 Å². The number of nitrogens with two attached hydrogens (primary N) is 1. The number of dihydropyridines is 1. The monoisotopic (exact) mass is 112 g/mol. The van der Waals surface area contributed by atoms with Gasteiger partial charge in [-0.25, -0.2) is 0 Å². The molecular weight excluding hydrogens is 104 g/mol. The molecular formula is C5H8N2O. The lowest BCUT2D eigenvalue weighted by Gasteiger charge is -2.09. The van der Waals surface area contributed by atoms with E-state index in [1.165, 1.54) is 6.08 Å². The molecule has 0 aromatic heterocycles. The van der Waals surface area contributed by atoms with Gasteiger partial charge in [0.05, 0.1) is 0 Å². The van der Waals surface area contributed by atoms with Gasteiger partial charge >= 0.3 is 0 Å². The lowest BCUT2D eigenvalue weighted by molar-refractivity contribution is 0.200. The highest BCUT2D eigenvalue weighted by Crippen LogP contribution is 1.94. The number of hydrogen-bond donors (Lipinski definition) is 3. The van der Waals surface area contributed by atoms with Crippen molar-refractivity contribution in [2.75, 3.05) is 0 Å². The zero-order valence-corrected chi connectivity index (χ0v) is 4.33. The van der Waals surface area contributed by atoms with Gasteiger partial charge in [-0.2, -0.15) is 0 Å². The Morgan fingerprint density at radius 3 is 2.88 bits per heavy atom. The Labute approximate surface area is 47.5 Å². The van der Waals surface area contributed by atoms with Crippen LogP contribution in [0.25, 0.3) is 0 Å². The summed E-state index contributed by atoms with van der Waals surface area (Å²) in [6.45, 7) is 0. The maximum Gasteiger partial charge on any atom is 0.145 e. The van der Waals surface area contributed by atoms with E-state index in [-0.39, 0.29) is 0 Å². The number of aliphatic hydroxyl groups excluding tert-OH is 1. The van der Waals surface area contributed by atoms with Crippen molar-refractivity contribution < 1.29 is 5.11 Å². The molecule has 4 N–H and O–H groups in total. The van der Waals surface area contributed by atoms with Crippen molar-refractivity contribution in [1.29, 1.82) is 0 Å². The Morgan fingerprint density at radius 2 is 2.50 bits per heavy atom.